The molecule has 0 spiro atoms. The normalized spacial score (nSPS) is 14.2. The van der Waals surface area contributed by atoms with E-state index in [1.807, 2.05) is 13.0 Å². The number of aromatic nitrogens is 4. The molecule has 32 heavy (non-hydrogen) atoms. The summed E-state index contributed by atoms with van der Waals surface area (Å²) >= 11 is 0. The summed E-state index contributed by atoms with van der Waals surface area (Å²) < 4.78 is 46.6. The summed E-state index contributed by atoms with van der Waals surface area (Å²) in [4.78, 5) is 4.41. The third-order valence-corrected chi connectivity index (χ3v) is 10.8. The molecule has 0 saturated carbocycles. The first-order chi connectivity index (χ1) is 14.6. The highest BCUT2D eigenvalue weighted by Crippen LogP contribution is 2.37. The monoisotopic (exact) mass is 466 g/mol. The summed E-state index contributed by atoms with van der Waals surface area (Å²) in [7, 11) is -1.97. The number of rotatable bonds is 5. The average Bonchev–Trinajstić information content (AvgIpc) is 3.12. The van der Waals surface area contributed by atoms with Crippen LogP contribution < -0.4 is 0 Å². The maximum atomic E-state index is 13.1. The Kier molecular flexibility index (Phi) is 6.27. The Labute approximate surface area is 186 Å². The highest BCUT2D eigenvalue weighted by Gasteiger charge is 2.38. The second-order valence-electron chi connectivity index (χ2n) is 9.58. The number of halogens is 3. The van der Waals surface area contributed by atoms with E-state index in [9.17, 15) is 18.3 Å². The standard InChI is InChI=1S/C22H29F3N4O2Si/c1-13-17(8-9-29-19(13)27-28-20(29)22(23,24)25)18(30)15-10-16(14(2)26-11-15)12-31-32(6,7)21(3,4)5/h8-11,18,30H,12H2,1-7H3. The molecule has 0 aromatic carbocycles. The SMILES string of the molecule is Cc1ncc(C(O)c2ccn3c(C(F)(F)F)nnc3c2C)cc1CO[Si](C)(C)C(C)(C)C. The molecule has 0 fully saturated rings. The summed E-state index contributed by atoms with van der Waals surface area (Å²) in [5.41, 5.74) is 3.12. The first kappa shape index (κ1) is 24.3. The molecule has 1 N–H and O–H groups in total. The number of aliphatic hydroxyl groups is 1. The molecule has 0 aliphatic carbocycles. The van der Waals surface area contributed by atoms with Crippen LogP contribution in [0.1, 0.15) is 60.6 Å². The predicted octanol–water partition coefficient (Wildman–Crippen LogP) is 5.36. The Morgan fingerprint density at radius 2 is 1.81 bits per heavy atom. The van der Waals surface area contributed by atoms with Gasteiger partial charge in [-0.25, -0.2) is 0 Å². The van der Waals surface area contributed by atoms with E-state index in [2.05, 4.69) is 49.0 Å². The van der Waals surface area contributed by atoms with Crippen molar-refractivity contribution in [2.45, 2.75) is 71.6 Å². The number of aliphatic hydroxyl groups excluding tert-OH is 1. The fraction of sp³-hybridized carbons (Fsp3) is 0.500. The first-order valence-corrected chi connectivity index (χ1v) is 13.2. The highest BCUT2D eigenvalue weighted by atomic mass is 28.4. The van der Waals surface area contributed by atoms with Crippen LogP contribution in [0.25, 0.3) is 5.65 Å². The van der Waals surface area contributed by atoms with Gasteiger partial charge in [0.15, 0.2) is 14.0 Å². The van der Waals surface area contributed by atoms with E-state index in [4.69, 9.17) is 4.43 Å². The molecule has 1 atom stereocenters. The van der Waals surface area contributed by atoms with Crippen molar-refractivity contribution in [3.8, 4) is 0 Å². The van der Waals surface area contributed by atoms with Gasteiger partial charge in [-0.1, -0.05) is 20.8 Å². The number of pyridine rings is 2. The lowest BCUT2D eigenvalue weighted by molar-refractivity contribution is -0.145. The van der Waals surface area contributed by atoms with E-state index in [0.29, 0.717) is 23.3 Å². The van der Waals surface area contributed by atoms with Crippen molar-refractivity contribution in [2.75, 3.05) is 0 Å². The van der Waals surface area contributed by atoms with Crippen LogP contribution in [0.2, 0.25) is 18.1 Å². The van der Waals surface area contributed by atoms with Gasteiger partial charge in [-0.05, 0) is 55.2 Å². The maximum Gasteiger partial charge on any atom is 0.452 e. The van der Waals surface area contributed by atoms with Gasteiger partial charge in [-0.15, -0.1) is 10.2 Å². The zero-order chi connectivity index (χ0) is 24.1. The molecule has 174 valence electrons. The third-order valence-electron chi connectivity index (χ3n) is 6.34. The lowest BCUT2D eigenvalue weighted by atomic mass is 9.98. The van der Waals surface area contributed by atoms with Gasteiger partial charge in [-0.2, -0.15) is 13.2 Å². The van der Waals surface area contributed by atoms with E-state index < -0.39 is 26.4 Å². The van der Waals surface area contributed by atoms with Crippen LogP contribution in [0, 0.1) is 13.8 Å². The van der Waals surface area contributed by atoms with E-state index in [1.54, 1.807) is 13.1 Å². The fourth-order valence-electron chi connectivity index (χ4n) is 3.13. The zero-order valence-electron chi connectivity index (χ0n) is 19.4. The van der Waals surface area contributed by atoms with Crippen LogP contribution in [0.4, 0.5) is 13.2 Å². The van der Waals surface area contributed by atoms with E-state index >= 15 is 0 Å². The predicted molar refractivity (Wildman–Crippen MR) is 118 cm³/mol. The van der Waals surface area contributed by atoms with Gasteiger partial charge < -0.3 is 9.53 Å². The summed E-state index contributed by atoms with van der Waals surface area (Å²) in [6.07, 6.45) is -2.89. The second-order valence-corrected chi connectivity index (χ2v) is 14.4. The lowest BCUT2D eigenvalue weighted by Crippen LogP contribution is -2.40. The molecule has 3 aromatic heterocycles. The van der Waals surface area contributed by atoms with Crippen molar-refractivity contribution in [1.29, 1.82) is 0 Å². The van der Waals surface area contributed by atoms with Gasteiger partial charge in [0.05, 0.1) is 6.61 Å². The molecular weight excluding hydrogens is 437 g/mol. The van der Waals surface area contributed by atoms with Crippen LogP contribution in [-0.4, -0.2) is 33.0 Å². The molecule has 0 radical (unpaired) electrons. The van der Waals surface area contributed by atoms with Crippen LogP contribution in [0.5, 0.6) is 0 Å². The molecule has 0 aliphatic heterocycles. The highest BCUT2D eigenvalue weighted by molar-refractivity contribution is 6.74. The largest absolute Gasteiger partial charge is 0.452 e. The molecule has 10 heteroatoms. The number of hydrogen-bond acceptors (Lipinski definition) is 5. The Morgan fingerprint density at radius 3 is 2.41 bits per heavy atom. The number of nitrogens with zero attached hydrogens (tertiary/aromatic N) is 4. The minimum Gasteiger partial charge on any atom is -0.412 e. The Balaban J connectivity index is 1.93. The average molecular weight is 467 g/mol. The van der Waals surface area contributed by atoms with Gasteiger partial charge in [0, 0.05) is 29.2 Å². The van der Waals surface area contributed by atoms with Crippen molar-refractivity contribution < 1.29 is 22.7 Å². The summed E-state index contributed by atoms with van der Waals surface area (Å²) in [5, 5.41) is 18.0. The van der Waals surface area contributed by atoms with Crippen molar-refractivity contribution >= 4 is 14.0 Å². The van der Waals surface area contributed by atoms with Crippen molar-refractivity contribution in [3.63, 3.8) is 0 Å². The Bertz CT molecular complexity index is 1140. The molecule has 0 amide bonds. The van der Waals surface area contributed by atoms with Gasteiger partial charge in [0.25, 0.3) is 0 Å². The summed E-state index contributed by atoms with van der Waals surface area (Å²) in [6.45, 7) is 14.7. The molecule has 1 unspecified atom stereocenters. The van der Waals surface area contributed by atoms with Crippen molar-refractivity contribution in [2.24, 2.45) is 0 Å². The molecule has 0 bridgehead atoms. The van der Waals surface area contributed by atoms with Crippen LogP contribution in [0.3, 0.4) is 0 Å². The van der Waals surface area contributed by atoms with Gasteiger partial charge in [0.2, 0.25) is 5.82 Å². The van der Waals surface area contributed by atoms with Crippen LogP contribution in [-0.2, 0) is 17.2 Å². The molecule has 6 nitrogen and oxygen atoms in total. The third kappa shape index (κ3) is 4.57. The lowest BCUT2D eigenvalue weighted by Gasteiger charge is -2.36. The smallest absolute Gasteiger partial charge is 0.412 e. The first-order valence-electron chi connectivity index (χ1n) is 10.3. The maximum absolute atomic E-state index is 13.1. The molecule has 3 aromatic rings. The van der Waals surface area contributed by atoms with Gasteiger partial charge >= 0.3 is 6.18 Å². The Morgan fingerprint density at radius 1 is 1.16 bits per heavy atom. The van der Waals surface area contributed by atoms with Crippen molar-refractivity contribution in [1.82, 2.24) is 19.6 Å². The van der Waals surface area contributed by atoms with Crippen molar-refractivity contribution in [3.05, 3.63) is 58.3 Å². The Hall–Kier alpha value is -2.30. The molecule has 3 rings (SSSR count). The molecular formula is C22H29F3N4O2Si. The zero-order valence-corrected chi connectivity index (χ0v) is 20.4. The number of hydrogen-bond donors (Lipinski definition) is 1. The minimum atomic E-state index is -4.62. The van der Waals surface area contributed by atoms with E-state index in [1.165, 1.54) is 12.3 Å². The molecule has 3 heterocycles. The minimum absolute atomic E-state index is 0.0513. The van der Waals surface area contributed by atoms with Crippen LogP contribution in [0.15, 0.2) is 24.5 Å². The quantitative estimate of drug-likeness (QED) is 0.512. The summed E-state index contributed by atoms with van der Waals surface area (Å²) in [5.74, 6) is -1.10. The molecule has 0 saturated heterocycles. The van der Waals surface area contributed by atoms with Gasteiger partial charge in [-0.3, -0.25) is 9.38 Å². The topological polar surface area (TPSA) is 72.5 Å². The second kappa shape index (κ2) is 8.24. The summed E-state index contributed by atoms with van der Waals surface area (Å²) in [6, 6.07) is 3.30. The van der Waals surface area contributed by atoms with Gasteiger partial charge in [0.1, 0.15) is 6.10 Å². The molecule has 0 aliphatic rings. The van der Waals surface area contributed by atoms with E-state index in [0.717, 1.165) is 15.7 Å². The fourth-order valence-corrected chi connectivity index (χ4v) is 4.08. The van der Waals surface area contributed by atoms with E-state index in [-0.39, 0.29) is 10.7 Å². The number of aryl methyl sites for hydroxylation is 2. The van der Waals surface area contributed by atoms with Crippen LogP contribution >= 0.6 is 0 Å². The number of fused-ring (bicyclic) bond motifs is 1. The number of alkyl halides is 3.